The Morgan fingerprint density at radius 1 is 0.957 bits per heavy atom. The Kier molecular flexibility index (Phi) is 2.96. The fraction of sp³-hybridized carbons (Fsp3) is 0.0556. The van der Waals surface area contributed by atoms with E-state index in [1.54, 1.807) is 30.3 Å². The lowest BCUT2D eigenvalue weighted by Crippen LogP contribution is -2.19. The molecule has 0 atom stereocenters. The van der Waals surface area contributed by atoms with Gasteiger partial charge in [-0.2, -0.15) is 0 Å². The predicted octanol–water partition coefficient (Wildman–Crippen LogP) is 4.08. The average Bonchev–Trinajstić information content (AvgIpc) is 2.98. The van der Waals surface area contributed by atoms with Crippen molar-refractivity contribution in [2.45, 2.75) is 6.92 Å². The number of carbonyl (C=O) groups is 2. The minimum Gasteiger partial charge on any atom is -0.432 e. The molecule has 0 bridgehead atoms. The number of rotatable bonds is 1. The van der Waals surface area contributed by atoms with E-state index in [9.17, 15) is 9.59 Å². The number of hydrogen-bond donors (Lipinski definition) is 0. The molecule has 0 saturated carbocycles. The molecule has 0 amide bonds. The van der Waals surface area contributed by atoms with Crippen LogP contribution in [0.5, 0.6) is 0 Å². The molecule has 0 aliphatic heterocycles. The highest BCUT2D eigenvalue weighted by Gasteiger charge is 2.35. The minimum atomic E-state index is -0.335. The van der Waals surface area contributed by atoms with Crippen LogP contribution in [-0.2, 0) is 0 Å². The third-order valence-corrected chi connectivity index (χ3v) is 4.22. The molecule has 1 heterocycles. The monoisotopic (exact) mass is 323 g/mol. The van der Waals surface area contributed by atoms with Gasteiger partial charge in [-0.1, -0.05) is 48.0 Å². The smallest absolute Gasteiger partial charge is 0.231 e. The van der Waals surface area contributed by atoms with Crippen molar-refractivity contribution in [3.63, 3.8) is 0 Å². The van der Waals surface area contributed by atoms with Gasteiger partial charge in [0.05, 0.1) is 10.6 Å². The first-order chi connectivity index (χ1) is 11.1. The van der Waals surface area contributed by atoms with Crippen LogP contribution in [0.25, 0.3) is 11.5 Å². The summed E-state index contributed by atoms with van der Waals surface area (Å²) in [5, 5.41) is 0.459. The Balaban J connectivity index is 1.95. The predicted molar refractivity (Wildman–Crippen MR) is 85.0 cm³/mol. The molecule has 1 aromatic heterocycles. The van der Waals surface area contributed by atoms with Gasteiger partial charge in [-0.05, 0) is 18.6 Å². The number of carbonyl (C=O) groups excluding carboxylic acids is 2. The number of aryl methyl sites for hydroxylation is 1. The van der Waals surface area contributed by atoms with Crippen LogP contribution in [-0.4, -0.2) is 16.6 Å². The van der Waals surface area contributed by atoms with Gasteiger partial charge >= 0.3 is 0 Å². The van der Waals surface area contributed by atoms with Gasteiger partial charge in [0, 0.05) is 11.1 Å². The van der Waals surface area contributed by atoms with Gasteiger partial charge in [0.2, 0.25) is 23.2 Å². The summed E-state index contributed by atoms with van der Waals surface area (Å²) in [6.45, 7) is 1.86. The molecule has 23 heavy (non-hydrogen) atoms. The highest BCUT2D eigenvalue weighted by atomic mass is 35.5. The highest BCUT2D eigenvalue weighted by molar-refractivity contribution is 6.33. The molecule has 112 valence electrons. The summed E-state index contributed by atoms with van der Waals surface area (Å²) in [6, 6.07) is 12.1. The van der Waals surface area contributed by atoms with E-state index < -0.39 is 0 Å². The number of fused-ring (bicyclic) bond motifs is 2. The second-order valence-electron chi connectivity index (χ2n) is 5.33. The summed E-state index contributed by atoms with van der Waals surface area (Å²) >= 11 is 6.22. The first-order valence-corrected chi connectivity index (χ1v) is 7.40. The van der Waals surface area contributed by atoms with E-state index >= 15 is 0 Å². The van der Waals surface area contributed by atoms with E-state index in [4.69, 9.17) is 16.0 Å². The summed E-state index contributed by atoms with van der Waals surface area (Å²) in [5.41, 5.74) is 2.18. The van der Waals surface area contributed by atoms with Gasteiger partial charge in [-0.3, -0.25) is 9.59 Å². The van der Waals surface area contributed by atoms with E-state index in [0.29, 0.717) is 21.7 Å². The van der Waals surface area contributed by atoms with E-state index in [1.807, 2.05) is 19.1 Å². The third-order valence-electron chi connectivity index (χ3n) is 3.90. The van der Waals surface area contributed by atoms with Crippen molar-refractivity contribution in [2.75, 3.05) is 0 Å². The molecule has 1 aliphatic carbocycles. The van der Waals surface area contributed by atoms with Crippen LogP contribution in [0.2, 0.25) is 5.02 Å². The Hall–Kier alpha value is -2.72. The van der Waals surface area contributed by atoms with Crippen molar-refractivity contribution in [3.8, 4) is 11.5 Å². The number of aromatic nitrogens is 1. The summed E-state index contributed by atoms with van der Waals surface area (Å²) in [5.74, 6) is -0.482. The number of oxazole rings is 1. The molecule has 0 unspecified atom stereocenters. The lowest BCUT2D eigenvalue weighted by Gasteiger charge is -2.10. The van der Waals surface area contributed by atoms with E-state index in [2.05, 4.69) is 4.98 Å². The molecule has 1 aliphatic rings. The quantitative estimate of drug-likeness (QED) is 0.529. The highest BCUT2D eigenvalue weighted by Crippen LogP contribution is 2.35. The Bertz CT molecular complexity index is 915. The van der Waals surface area contributed by atoms with Crippen molar-refractivity contribution in [2.24, 2.45) is 0 Å². The molecule has 0 N–H and O–H groups in total. The van der Waals surface area contributed by atoms with Crippen molar-refractivity contribution in [3.05, 3.63) is 75.6 Å². The number of halogens is 1. The van der Waals surface area contributed by atoms with Crippen LogP contribution in [0.15, 0.2) is 46.9 Å². The van der Waals surface area contributed by atoms with Crippen LogP contribution in [0.1, 0.15) is 37.7 Å². The van der Waals surface area contributed by atoms with Gasteiger partial charge in [-0.15, -0.1) is 0 Å². The average molecular weight is 324 g/mol. The van der Waals surface area contributed by atoms with Crippen molar-refractivity contribution < 1.29 is 14.0 Å². The maximum Gasteiger partial charge on any atom is 0.231 e. The molecule has 0 spiro atoms. The lowest BCUT2D eigenvalue weighted by molar-refractivity contribution is 0.0959. The minimum absolute atomic E-state index is 0.0250. The number of benzene rings is 2. The third kappa shape index (κ3) is 1.95. The zero-order chi connectivity index (χ0) is 16.1. The van der Waals surface area contributed by atoms with Crippen LogP contribution in [0.3, 0.4) is 0 Å². The van der Waals surface area contributed by atoms with Crippen molar-refractivity contribution >= 4 is 23.2 Å². The van der Waals surface area contributed by atoms with Crippen LogP contribution < -0.4 is 0 Å². The summed E-state index contributed by atoms with van der Waals surface area (Å²) in [4.78, 5) is 29.4. The Morgan fingerprint density at radius 2 is 1.65 bits per heavy atom. The van der Waals surface area contributed by atoms with Gasteiger partial charge in [0.15, 0.2) is 5.69 Å². The molecule has 2 aromatic carbocycles. The SMILES string of the molecule is Cc1cccc(Cl)c1-c1nc2c(o1)C(=O)c1ccccc1C2=O. The molecule has 0 fully saturated rings. The first-order valence-electron chi connectivity index (χ1n) is 7.02. The number of nitrogens with zero attached hydrogens (tertiary/aromatic N) is 1. The van der Waals surface area contributed by atoms with Crippen molar-refractivity contribution in [1.82, 2.24) is 4.98 Å². The summed E-state index contributed by atoms with van der Waals surface area (Å²) in [6.07, 6.45) is 0. The molecular formula is C18H10ClNO3. The van der Waals surface area contributed by atoms with Gasteiger partial charge in [-0.25, -0.2) is 4.98 Å². The second-order valence-corrected chi connectivity index (χ2v) is 5.74. The molecular weight excluding hydrogens is 314 g/mol. The normalized spacial score (nSPS) is 13.0. The maximum absolute atomic E-state index is 12.6. The number of hydrogen-bond acceptors (Lipinski definition) is 4. The van der Waals surface area contributed by atoms with Crippen molar-refractivity contribution in [1.29, 1.82) is 0 Å². The fourth-order valence-electron chi connectivity index (χ4n) is 2.77. The standard InChI is InChI=1S/C18H10ClNO3/c1-9-5-4-8-12(19)13(9)18-20-14-15(21)10-6-2-3-7-11(10)16(22)17(14)23-18/h2-8H,1H3. The van der Waals surface area contributed by atoms with Gasteiger partial charge in [0.25, 0.3) is 0 Å². The Morgan fingerprint density at radius 3 is 2.35 bits per heavy atom. The topological polar surface area (TPSA) is 60.2 Å². The maximum atomic E-state index is 12.6. The summed E-state index contributed by atoms with van der Waals surface area (Å²) < 4.78 is 5.63. The van der Waals surface area contributed by atoms with Gasteiger partial charge in [0.1, 0.15) is 0 Å². The first kappa shape index (κ1) is 13.9. The fourth-order valence-corrected chi connectivity index (χ4v) is 3.07. The molecule has 4 rings (SSSR count). The summed E-state index contributed by atoms with van der Waals surface area (Å²) in [7, 11) is 0. The van der Waals surface area contributed by atoms with Gasteiger partial charge < -0.3 is 4.42 Å². The largest absolute Gasteiger partial charge is 0.432 e. The van der Waals surface area contributed by atoms with E-state index in [0.717, 1.165) is 5.56 Å². The van der Waals surface area contributed by atoms with E-state index in [-0.39, 0.29) is 28.9 Å². The zero-order valence-corrected chi connectivity index (χ0v) is 12.8. The van der Waals surface area contributed by atoms with E-state index in [1.165, 1.54) is 0 Å². The molecule has 3 aromatic rings. The molecule has 5 heteroatoms. The van der Waals surface area contributed by atoms with Crippen LogP contribution >= 0.6 is 11.6 Å². The second kappa shape index (κ2) is 4.89. The van der Waals surface area contributed by atoms with Crippen LogP contribution in [0.4, 0.5) is 0 Å². The Labute approximate surface area is 136 Å². The zero-order valence-electron chi connectivity index (χ0n) is 12.1. The molecule has 4 nitrogen and oxygen atoms in total. The van der Waals surface area contributed by atoms with Crippen LogP contribution in [0, 0.1) is 6.92 Å². The molecule has 0 radical (unpaired) electrons. The molecule has 0 saturated heterocycles. The number of ketones is 2. The lowest BCUT2D eigenvalue weighted by atomic mass is 9.91.